The van der Waals surface area contributed by atoms with Gasteiger partial charge in [0.2, 0.25) is 5.91 Å². The van der Waals surface area contributed by atoms with Crippen LogP contribution in [0.5, 0.6) is 0 Å². The molecule has 1 atom stereocenters. The summed E-state index contributed by atoms with van der Waals surface area (Å²) in [4.78, 5) is 14.4. The highest BCUT2D eigenvalue weighted by Crippen LogP contribution is 2.14. The van der Waals surface area contributed by atoms with Crippen LogP contribution in [0, 0.1) is 23.2 Å². The zero-order valence-corrected chi connectivity index (χ0v) is 12.8. The molecule has 0 aromatic heterocycles. The number of nitrogens with zero attached hydrogens (tertiary/aromatic N) is 2. The van der Waals surface area contributed by atoms with Crippen LogP contribution >= 0.6 is 0 Å². The molecule has 1 rings (SSSR count). The van der Waals surface area contributed by atoms with Crippen LogP contribution in [0.15, 0.2) is 30.3 Å². The number of carbonyl (C=O) groups is 1. The molecule has 20 heavy (non-hydrogen) atoms. The summed E-state index contributed by atoms with van der Waals surface area (Å²) in [5.74, 6) is -0.254. The lowest BCUT2D eigenvalue weighted by Gasteiger charge is -2.30. The summed E-state index contributed by atoms with van der Waals surface area (Å²) in [5.41, 5.74) is 1.03. The monoisotopic (exact) mass is 272 g/mol. The minimum atomic E-state index is -0.599. The standard InChI is InChI=1S/C17H24N2O/c1-13(2)12-19(14(3)4)17(20)16(11-18)10-15-8-6-5-7-9-15/h5-9,13-14,16H,10,12H2,1-4H3. The lowest BCUT2D eigenvalue weighted by atomic mass is 9.98. The van der Waals surface area contributed by atoms with Crippen molar-refractivity contribution in [1.82, 2.24) is 4.90 Å². The Morgan fingerprint density at radius 1 is 1.20 bits per heavy atom. The van der Waals surface area contributed by atoms with Crippen LogP contribution in [0.4, 0.5) is 0 Å². The van der Waals surface area contributed by atoms with Crippen molar-refractivity contribution in [1.29, 1.82) is 5.26 Å². The largest absolute Gasteiger partial charge is 0.339 e. The van der Waals surface area contributed by atoms with Crippen molar-refractivity contribution < 1.29 is 4.79 Å². The number of amides is 1. The molecule has 108 valence electrons. The molecule has 0 N–H and O–H groups in total. The van der Waals surface area contributed by atoms with Gasteiger partial charge in [0.1, 0.15) is 5.92 Å². The third-order valence-electron chi connectivity index (χ3n) is 3.20. The average molecular weight is 272 g/mol. The van der Waals surface area contributed by atoms with Gasteiger partial charge in [-0.2, -0.15) is 5.26 Å². The molecule has 0 bridgehead atoms. The van der Waals surface area contributed by atoms with E-state index in [4.69, 9.17) is 0 Å². The van der Waals surface area contributed by atoms with Gasteiger partial charge in [0, 0.05) is 12.6 Å². The third-order valence-corrected chi connectivity index (χ3v) is 3.20. The molecule has 0 aliphatic heterocycles. The van der Waals surface area contributed by atoms with Gasteiger partial charge in [-0.15, -0.1) is 0 Å². The number of carbonyl (C=O) groups excluding carboxylic acids is 1. The highest BCUT2D eigenvalue weighted by molar-refractivity contribution is 5.81. The van der Waals surface area contributed by atoms with Crippen molar-refractivity contribution in [3.05, 3.63) is 35.9 Å². The second-order valence-electron chi connectivity index (χ2n) is 5.85. The Kier molecular flexibility index (Phi) is 6.24. The first-order valence-electron chi connectivity index (χ1n) is 7.19. The summed E-state index contributed by atoms with van der Waals surface area (Å²) in [6, 6.07) is 12.0. The molecule has 0 fully saturated rings. The zero-order valence-electron chi connectivity index (χ0n) is 12.8. The second kappa shape index (κ2) is 7.69. The Hall–Kier alpha value is -1.82. The van der Waals surface area contributed by atoms with E-state index in [1.807, 2.05) is 49.1 Å². The van der Waals surface area contributed by atoms with E-state index in [9.17, 15) is 10.1 Å². The van der Waals surface area contributed by atoms with Crippen molar-refractivity contribution in [2.45, 2.75) is 40.2 Å². The molecule has 0 spiro atoms. The molecule has 0 aliphatic rings. The summed E-state index contributed by atoms with van der Waals surface area (Å²) >= 11 is 0. The van der Waals surface area contributed by atoms with E-state index in [2.05, 4.69) is 19.9 Å². The maximum absolute atomic E-state index is 12.6. The Labute approximate surface area is 122 Å². The van der Waals surface area contributed by atoms with E-state index >= 15 is 0 Å². The Morgan fingerprint density at radius 3 is 2.25 bits per heavy atom. The van der Waals surface area contributed by atoms with Crippen LogP contribution in [0.2, 0.25) is 0 Å². The molecule has 0 radical (unpaired) electrons. The lowest BCUT2D eigenvalue weighted by Crippen LogP contribution is -2.43. The van der Waals surface area contributed by atoms with Gasteiger partial charge in [-0.05, 0) is 31.7 Å². The normalized spacial score (nSPS) is 12.2. The van der Waals surface area contributed by atoms with E-state index < -0.39 is 5.92 Å². The smallest absolute Gasteiger partial charge is 0.240 e. The van der Waals surface area contributed by atoms with E-state index in [1.54, 1.807) is 0 Å². The maximum Gasteiger partial charge on any atom is 0.240 e. The van der Waals surface area contributed by atoms with Gasteiger partial charge in [0.15, 0.2) is 0 Å². The summed E-state index contributed by atoms with van der Waals surface area (Å²) in [6.45, 7) is 8.86. The van der Waals surface area contributed by atoms with Crippen LogP contribution in [0.1, 0.15) is 33.3 Å². The molecule has 3 heteroatoms. The zero-order chi connectivity index (χ0) is 15.1. The lowest BCUT2D eigenvalue weighted by molar-refractivity contribution is -0.136. The molecule has 3 nitrogen and oxygen atoms in total. The van der Waals surface area contributed by atoms with Crippen LogP contribution in [0.25, 0.3) is 0 Å². The van der Waals surface area contributed by atoms with E-state index in [0.717, 1.165) is 5.56 Å². The van der Waals surface area contributed by atoms with Crippen molar-refractivity contribution in [3.63, 3.8) is 0 Å². The van der Waals surface area contributed by atoms with Crippen LogP contribution < -0.4 is 0 Å². The van der Waals surface area contributed by atoms with Crippen molar-refractivity contribution in [2.75, 3.05) is 6.54 Å². The first-order valence-corrected chi connectivity index (χ1v) is 7.19. The molecule has 1 amide bonds. The van der Waals surface area contributed by atoms with Gasteiger partial charge >= 0.3 is 0 Å². The van der Waals surface area contributed by atoms with Crippen molar-refractivity contribution in [2.24, 2.45) is 11.8 Å². The predicted molar refractivity (Wildman–Crippen MR) is 80.9 cm³/mol. The van der Waals surface area contributed by atoms with Gasteiger partial charge in [-0.1, -0.05) is 44.2 Å². The molecule has 1 aromatic carbocycles. The minimum Gasteiger partial charge on any atom is -0.339 e. The maximum atomic E-state index is 12.6. The molecular weight excluding hydrogens is 248 g/mol. The summed E-state index contributed by atoms with van der Waals surface area (Å²) < 4.78 is 0. The number of rotatable bonds is 6. The Bertz CT molecular complexity index is 460. The molecule has 1 aromatic rings. The van der Waals surface area contributed by atoms with Crippen LogP contribution in [-0.4, -0.2) is 23.4 Å². The van der Waals surface area contributed by atoms with Gasteiger partial charge in [-0.25, -0.2) is 0 Å². The van der Waals surface area contributed by atoms with Crippen molar-refractivity contribution in [3.8, 4) is 6.07 Å². The van der Waals surface area contributed by atoms with E-state index in [1.165, 1.54) is 0 Å². The highest BCUT2D eigenvalue weighted by atomic mass is 16.2. The molecule has 1 unspecified atom stereocenters. The fourth-order valence-electron chi connectivity index (χ4n) is 2.19. The Balaban J connectivity index is 2.82. The SMILES string of the molecule is CC(C)CN(C(=O)C(C#N)Cc1ccccc1)C(C)C. The number of nitriles is 1. The summed E-state index contributed by atoms with van der Waals surface area (Å²) in [5, 5.41) is 9.33. The first-order chi connectivity index (χ1) is 9.45. The molecule has 0 saturated heterocycles. The van der Waals surface area contributed by atoms with Gasteiger partial charge in [0.25, 0.3) is 0 Å². The molecule has 0 saturated carbocycles. The molecule has 0 heterocycles. The van der Waals surface area contributed by atoms with E-state index in [0.29, 0.717) is 18.9 Å². The fraction of sp³-hybridized carbons (Fsp3) is 0.529. The minimum absolute atomic E-state index is 0.0555. The summed E-state index contributed by atoms with van der Waals surface area (Å²) in [7, 11) is 0. The Morgan fingerprint density at radius 2 is 1.80 bits per heavy atom. The van der Waals surface area contributed by atoms with Gasteiger partial charge in [0.05, 0.1) is 6.07 Å². The molecule has 0 aliphatic carbocycles. The average Bonchev–Trinajstić information content (AvgIpc) is 2.42. The fourth-order valence-corrected chi connectivity index (χ4v) is 2.19. The van der Waals surface area contributed by atoms with Gasteiger partial charge in [-0.3, -0.25) is 4.79 Å². The third kappa shape index (κ3) is 4.70. The quantitative estimate of drug-likeness (QED) is 0.797. The van der Waals surface area contributed by atoms with Crippen LogP contribution in [0.3, 0.4) is 0 Å². The second-order valence-corrected chi connectivity index (χ2v) is 5.85. The number of benzene rings is 1. The van der Waals surface area contributed by atoms with Gasteiger partial charge < -0.3 is 4.90 Å². The highest BCUT2D eigenvalue weighted by Gasteiger charge is 2.26. The first kappa shape index (κ1) is 16.2. The molecular formula is C17H24N2O. The topological polar surface area (TPSA) is 44.1 Å². The number of hydrogen-bond donors (Lipinski definition) is 0. The van der Waals surface area contributed by atoms with E-state index in [-0.39, 0.29) is 11.9 Å². The van der Waals surface area contributed by atoms with Crippen LogP contribution in [-0.2, 0) is 11.2 Å². The predicted octanol–water partition coefficient (Wildman–Crippen LogP) is 3.26. The summed E-state index contributed by atoms with van der Waals surface area (Å²) in [6.07, 6.45) is 0.484. The van der Waals surface area contributed by atoms with Crippen molar-refractivity contribution >= 4 is 5.91 Å². The number of hydrogen-bond acceptors (Lipinski definition) is 2.